The minimum Gasteiger partial charge on any atom is -0.337 e. The number of thiazole rings is 1. The van der Waals surface area contributed by atoms with Gasteiger partial charge in [0.25, 0.3) is 0 Å². The predicted molar refractivity (Wildman–Crippen MR) is 94.5 cm³/mol. The van der Waals surface area contributed by atoms with E-state index in [0.717, 1.165) is 11.8 Å². The number of imide groups is 1. The molecule has 2 N–H and O–H groups in total. The Labute approximate surface area is 165 Å². The van der Waals surface area contributed by atoms with Gasteiger partial charge in [0, 0.05) is 30.4 Å². The van der Waals surface area contributed by atoms with Crippen LogP contribution in [0.2, 0.25) is 0 Å². The van der Waals surface area contributed by atoms with E-state index in [1.807, 2.05) is 0 Å². The van der Waals surface area contributed by atoms with E-state index in [0.29, 0.717) is 34.1 Å². The van der Waals surface area contributed by atoms with E-state index in [4.69, 9.17) is 0 Å². The monoisotopic (exact) mass is 422 g/mol. The minimum absolute atomic E-state index is 0.0601. The summed E-state index contributed by atoms with van der Waals surface area (Å²) >= 11 is 0.659. The lowest BCUT2D eigenvalue weighted by Crippen LogP contribution is -2.51. The number of fused-ring (bicyclic) bond motifs is 1. The van der Waals surface area contributed by atoms with Crippen LogP contribution in [0.5, 0.6) is 0 Å². The Morgan fingerprint density at radius 2 is 2.03 bits per heavy atom. The lowest BCUT2D eigenvalue weighted by Gasteiger charge is -2.22. The molecule has 2 fully saturated rings. The molecule has 0 radical (unpaired) electrons. The van der Waals surface area contributed by atoms with Crippen LogP contribution >= 0.6 is 11.3 Å². The highest BCUT2D eigenvalue weighted by molar-refractivity contribution is 7.11. The first-order chi connectivity index (χ1) is 13.8. The normalized spacial score (nSPS) is 24.4. The smallest absolute Gasteiger partial charge is 0.337 e. The number of amides is 3. The van der Waals surface area contributed by atoms with E-state index in [1.165, 1.54) is 0 Å². The number of rotatable bonds is 3. The second-order valence-electron chi connectivity index (χ2n) is 6.98. The number of hydrogen-bond acceptors (Lipinski definition) is 6. The van der Waals surface area contributed by atoms with Crippen LogP contribution in [-0.4, -0.2) is 38.1 Å². The number of urea groups is 1. The van der Waals surface area contributed by atoms with Crippen LogP contribution in [0.25, 0.3) is 5.65 Å². The Morgan fingerprint density at radius 3 is 2.76 bits per heavy atom. The molecule has 29 heavy (non-hydrogen) atoms. The van der Waals surface area contributed by atoms with Crippen LogP contribution in [0.4, 0.5) is 18.0 Å². The van der Waals surface area contributed by atoms with Crippen molar-refractivity contribution < 1.29 is 22.8 Å². The van der Waals surface area contributed by atoms with Crippen molar-refractivity contribution >= 4 is 28.9 Å². The molecule has 2 aliphatic rings. The van der Waals surface area contributed by atoms with Crippen molar-refractivity contribution in [2.24, 2.45) is 0 Å². The van der Waals surface area contributed by atoms with Crippen LogP contribution < -0.4 is 10.6 Å². The molecule has 1 saturated carbocycles. The molecular weight excluding hydrogens is 409 g/mol. The van der Waals surface area contributed by atoms with Crippen molar-refractivity contribution in [3.05, 3.63) is 45.8 Å². The average molecular weight is 422 g/mol. The molecule has 5 rings (SSSR count). The van der Waals surface area contributed by atoms with Gasteiger partial charge in [0.15, 0.2) is 5.65 Å². The van der Waals surface area contributed by atoms with E-state index in [-0.39, 0.29) is 18.4 Å². The second-order valence-corrected chi connectivity index (χ2v) is 8.04. The number of nitrogens with zero attached hydrogens (tertiary/aromatic N) is 4. The van der Waals surface area contributed by atoms with Crippen LogP contribution in [-0.2, 0) is 11.0 Å². The standard InChI is InChI=1S/C17H13F3N6O2S/c18-17(19,20)12-6-22-15(29-12)9-3-7(9)8-4-11(25-26-2-1-21-13(8)26)10-5-23-16(28)24-14(10)27/h1-2,4,6-7,9-10H,3,5H2,(H2,23,24,27,28)/t7-,9+,10?/m1/s1. The van der Waals surface area contributed by atoms with Gasteiger partial charge in [-0.25, -0.2) is 19.3 Å². The van der Waals surface area contributed by atoms with Gasteiger partial charge in [0.05, 0.1) is 22.8 Å². The molecule has 1 saturated heterocycles. The Kier molecular flexibility index (Phi) is 3.88. The third-order valence-corrected chi connectivity index (χ3v) is 6.27. The topological polar surface area (TPSA) is 101 Å². The Bertz CT molecular complexity index is 1140. The van der Waals surface area contributed by atoms with Gasteiger partial charge in [-0.2, -0.15) is 18.3 Å². The van der Waals surface area contributed by atoms with Crippen molar-refractivity contribution in [3.63, 3.8) is 0 Å². The van der Waals surface area contributed by atoms with Gasteiger partial charge >= 0.3 is 12.2 Å². The van der Waals surface area contributed by atoms with E-state index in [2.05, 4.69) is 25.7 Å². The molecule has 1 aliphatic carbocycles. The summed E-state index contributed by atoms with van der Waals surface area (Å²) in [6, 6.07) is 1.20. The molecule has 1 aliphatic heterocycles. The van der Waals surface area contributed by atoms with Gasteiger partial charge in [-0.15, -0.1) is 11.3 Å². The highest BCUT2D eigenvalue weighted by Gasteiger charge is 2.45. The molecule has 0 bridgehead atoms. The number of aromatic nitrogens is 4. The Morgan fingerprint density at radius 1 is 1.21 bits per heavy atom. The highest BCUT2D eigenvalue weighted by atomic mass is 32.1. The van der Waals surface area contributed by atoms with Crippen LogP contribution in [0.1, 0.15) is 45.3 Å². The van der Waals surface area contributed by atoms with Gasteiger partial charge in [0.2, 0.25) is 5.91 Å². The number of nitrogens with one attached hydrogen (secondary N) is 2. The van der Waals surface area contributed by atoms with E-state index in [9.17, 15) is 22.8 Å². The molecule has 3 amide bonds. The summed E-state index contributed by atoms with van der Waals surface area (Å²) in [6.45, 7) is 0.118. The third-order valence-electron chi connectivity index (χ3n) is 5.09. The van der Waals surface area contributed by atoms with Gasteiger partial charge in [-0.05, 0) is 18.4 Å². The Hall–Kier alpha value is -3.02. The fraction of sp³-hybridized carbons (Fsp3) is 0.353. The molecule has 3 atom stereocenters. The van der Waals surface area contributed by atoms with Crippen molar-refractivity contribution in [1.82, 2.24) is 30.2 Å². The van der Waals surface area contributed by atoms with Gasteiger partial charge in [-0.3, -0.25) is 10.1 Å². The zero-order valence-electron chi connectivity index (χ0n) is 14.6. The maximum Gasteiger partial charge on any atom is 0.427 e. The minimum atomic E-state index is -4.40. The zero-order valence-corrected chi connectivity index (χ0v) is 15.4. The first kappa shape index (κ1) is 18.0. The summed E-state index contributed by atoms with van der Waals surface area (Å²) in [7, 11) is 0. The number of carbonyl (C=O) groups is 2. The summed E-state index contributed by atoms with van der Waals surface area (Å²) in [5, 5.41) is 9.64. The summed E-state index contributed by atoms with van der Waals surface area (Å²) in [4.78, 5) is 31.1. The van der Waals surface area contributed by atoms with Gasteiger partial charge < -0.3 is 5.32 Å². The van der Waals surface area contributed by atoms with Crippen LogP contribution in [0, 0.1) is 0 Å². The number of halogens is 3. The largest absolute Gasteiger partial charge is 0.427 e. The SMILES string of the molecule is O=C1NCC(c2cc([C@H]3C[C@@H]3c3ncc(C(F)(F)F)s3)c3nccn3n2)C(=O)N1. The van der Waals surface area contributed by atoms with Crippen LogP contribution in [0.15, 0.2) is 24.7 Å². The second kappa shape index (κ2) is 6.24. The number of imidazole rings is 1. The van der Waals surface area contributed by atoms with Crippen molar-refractivity contribution in [3.8, 4) is 0 Å². The van der Waals surface area contributed by atoms with Gasteiger partial charge in [0.1, 0.15) is 4.88 Å². The number of carbonyl (C=O) groups excluding carboxylic acids is 2. The van der Waals surface area contributed by atoms with Crippen molar-refractivity contribution in [1.29, 1.82) is 0 Å². The average Bonchev–Trinajstić information content (AvgIpc) is 3.06. The van der Waals surface area contributed by atoms with E-state index in [1.54, 1.807) is 23.0 Å². The van der Waals surface area contributed by atoms with Crippen molar-refractivity contribution in [2.45, 2.75) is 30.4 Å². The molecule has 0 spiro atoms. The molecule has 8 nitrogen and oxygen atoms in total. The molecule has 1 unspecified atom stereocenters. The van der Waals surface area contributed by atoms with E-state index < -0.39 is 28.9 Å². The van der Waals surface area contributed by atoms with Gasteiger partial charge in [-0.1, -0.05) is 0 Å². The first-order valence-electron chi connectivity index (χ1n) is 8.77. The van der Waals surface area contributed by atoms with E-state index >= 15 is 0 Å². The summed E-state index contributed by atoms with van der Waals surface area (Å²) in [6.07, 6.45) is 0.322. The maximum absolute atomic E-state index is 12.9. The molecular formula is C17H13F3N6O2S. The maximum atomic E-state index is 12.9. The zero-order chi connectivity index (χ0) is 20.3. The Balaban J connectivity index is 1.48. The fourth-order valence-electron chi connectivity index (χ4n) is 3.58. The highest BCUT2D eigenvalue weighted by Crippen LogP contribution is 2.57. The summed E-state index contributed by atoms with van der Waals surface area (Å²) in [5.74, 6) is -1.30. The third kappa shape index (κ3) is 3.12. The van der Waals surface area contributed by atoms with Crippen molar-refractivity contribution in [2.75, 3.05) is 6.54 Å². The molecule has 0 aromatic carbocycles. The lowest BCUT2D eigenvalue weighted by molar-refractivity contribution is -0.134. The number of hydrogen-bond donors (Lipinski definition) is 2. The summed E-state index contributed by atoms with van der Waals surface area (Å²) in [5.41, 5.74) is 1.86. The number of alkyl halides is 3. The van der Waals surface area contributed by atoms with Crippen LogP contribution in [0.3, 0.4) is 0 Å². The predicted octanol–water partition coefficient (Wildman–Crippen LogP) is 2.40. The fourth-order valence-corrected chi connectivity index (χ4v) is 4.54. The molecule has 3 aromatic heterocycles. The summed E-state index contributed by atoms with van der Waals surface area (Å²) < 4.78 is 40.2. The molecule has 12 heteroatoms. The first-order valence-corrected chi connectivity index (χ1v) is 9.58. The molecule has 150 valence electrons. The molecule has 3 aromatic rings. The molecule has 4 heterocycles. The quantitative estimate of drug-likeness (QED) is 0.675. The lowest BCUT2D eigenvalue weighted by atomic mass is 10.00.